The van der Waals surface area contributed by atoms with E-state index in [-0.39, 0.29) is 10.8 Å². The van der Waals surface area contributed by atoms with E-state index >= 15 is 0 Å². The normalized spacial score (nSPS) is 11.7. The third-order valence-corrected chi connectivity index (χ3v) is 3.64. The average Bonchev–Trinajstić information content (AvgIpc) is 2.53. The first-order valence-corrected chi connectivity index (χ1v) is 7.24. The second-order valence-electron chi connectivity index (χ2n) is 4.28. The number of ether oxygens (including phenoxy) is 1. The van der Waals surface area contributed by atoms with Gasteiger partial charge in [0.1, 0.15) is 4.83 Å². The molecule has 0 fully saturated rings. The van der Waals surface area contributed by atoms with Crippen LogP contribution in [0.4, 0.5) is 5.69 Å². The number of esters is 1. The largest absolute Gasteiger partial charge is 0.468 e. The van der Waals surface area contributed by atoms with Gasteiger partial charge >= 0.3 is 5.97 Å². The second kappa shape index (κ2) is 7.10. The van der Waals surface area contributed by atoms with E-state index in [1.807, 2.05) is 36.4 Å². The summed E-state index contributed by atoms with van der Waals surface area (Å²) in [5.41, 5.74) is 3.24. The Morgan fingerprint density at radius 1 is 1.15 bits per heavy atom. The average molecular weight is 334 g/mol. The van der Waals surface area contributed by atoms with Crippen LogP contribution in [0.3, 0.4) is 0 Å². The van der Waals surface area contributed by atoms with Gasteiger partial charge in [-0.2, -0.15) is 0 Å². The molecule has 2 aromatic rings. The lowest BCUT2D eigenvalue weighted by Gasteiger charge is -2.14. The van der Waals surface area contributed by atoms with E-state index < -0.39 is 0 Å². The maximum atomic E-state index is 11.4. The van der Waals surface area contributed by atoms with Crippen LogP contribution in [0.2, 0.25) is 0 Å². The SMILES string of the molecule is COC(=O)C(Br)CNc1ccccc1-c1ccccc1. The Balaban J connectivity index is 2.15. The molecule has 20 heavy (non-hydrogen) atoms. The summed E-state index contributed by atoms with van der Waals surface area (Å²) in [6.07, 6.45) is 0. The van der Waals surface area contributed by atoms with E-state index in [2.05, 4.69) is 44.2 Å². The van der Waals surface area contributed by atoms with Gasteiger partial charge in [-0.15, -0.1) is 0 Å². The van der Waals surface area contributed by atoms with Crippen molar-refractivity contribution in [1.82, 2.24) is 0 Å². The molecule has 4 heteroatoms. The molecule has 1 unspecified atom stereocenters. The Hall–Kier alpha value is -1.81. The Morgan fingerprint density at radius 2 is 1.80 bits per heavy atom. The van der Waals surface area contributed by atoms with Crippen molar-refractivity contribution in [3.63, 3.8) is 0 Å². The zero-order valence-corrected chi connectivity index (χ0v) is 12.8. The highest BCUT2D eigenvalue weighted by atomic mass is 79.9. The molecule has 2 aromatic carbocycles. The van der Waals surface area contributed by atoms with E-state index in [4.69, 9.17) is 0 Å². The highest BCUT2D eigenvalue weighted by Crippen LogP contribution is 2.27. The third kappa shape index (κ3) is 3.61. The molecule has 1 N–H and O–H groups in total. The number of rotatable bonds is 5. The molecule has 0 saturated heterocycles. The number of anilines is 1. The number of hydrogen-bond acceptors (Lipinski definition) is 3. The maximum absolute atomic E-state index is 11.4. The summed E-state index contributed by atoms with van der Waals surface area (Å²) < 4.78 is 4.69. The lowest BCUT2D eigenvalue weighted by atomic mass is 10.0. The van der Waals surface area contributed by atoms with Gasteiger partial charge in [0.2, 0.25) is 0 Å². The van der Waals surface area contributed by atoms with E-state index in [9.17, 15) is 4.79 Å². The van der Waals surface area contributed by atoms with Crippen molar-refractivity contribution >= 4 is 27.6 Å². The molecule has 0 spiro atoms. The number of carbonyl (C=O) groups is 1. The van der Waals surface area contributed by atoms with Crippen LogP contribution >= 0.6 is 15.9 Å². The summed E-state index contributed by atoms with van der Waals surface area (Å²) in [5, 5.41) is 3.28. The summed E-state index contributed by atoms with van der Waals surface area (Å²) in [6, 6.07) is 18.2. The molecule has 2 rings (SSSR count). The highest BCUT2D eigenvalue weighted by Gasteiger charge is 2.15. The van der Waals surface area contributed by atoms with Gasteiger partial charge in [0.25, 0.3) is 0 Å². The molecule has 104 valence electrons. The number of alkyl halides is 1. The van der Waals surface area contributed by atoms with Crippen molar-refractivity contribution in [3.8, 4) is 11.1 Å². The molecule has 3 nitrogen and oxygen atoms in total. The highest BCUT2D eigenvalue weighted by molar-refractivity contribution is 9.10. The predicted molar refractivity (Wildman–Crippen MR) is 85.1 cm³/mol. The summed E-state index contributed by atoms with van der Waals surface area (Å²) in [5.74, 6) is -0.283. The Labute approximate surface area is 127 Å². The summed E-state index contributed by atoms with van der Waals surface area (Å²) in [4.78, 5) is 11.0. The van der Waals surface area contributed by atoms with E-state index in [0.29, 0.717) is 6.54 Å². The first-order valence-electron chi connectivity index (χ1n) is 6.32. The molecule has 0 amide bonds. The number of para-hydroxylation sites is 1. The van der Waals surface area contributed by atoms with Gasteiger partial charge in [-0.25, -0.2) is 0 Å². The monoisotopic (exact) mass is 333 g/mol. The molecule has 0 bridgehead atoms. The minimum absolute atomic E-state index is 0.283. The molecule has 1 atom stereocenters. The predicted octanol–water partition coefficient (Wildman–Crippen LogP) is 3.70. The quantitative estimate of drug-likeness (QED) is 0.669. The standard InChI is InChI=1S/C16H16BrNO2/c1-20-16(19)14(17)11-18-15-10-6-5-9-13(15)12-7-3-2-4-8-12/h2-10,14,18H,11H2,1H3. The first-order chi connectivity index (χ1) is 9.72. The fourth-order valence-electron chi connectivity index (χ4n) is 1.92. The third-order valence-electron chi connectivity index (χ3n) is 2.94. The summed E-state index contributed by atoms with van der Waals surface area (Å²) in [6.45, 7) is 0.469. The molecule has 0 aliphatic heterocycles. The Morgan fingerprint density at radius 3 is 2.50 bits per heavy atom. The van der Waals surface area contributed by atoms with Crippen molar-refractivity contribution < 1.29 is 9.53 Å². The van der Waals surface area contributed by atoms with Crippen LogP contribution in [0, 0.1) is 0 Å². The Bertz CT molecular complexity index is 572. The van der Waals surface area contributed by atoms with Crippen LogP contribution in [0.25, 0.3) is 11.1 Å². The van der Waals surface area contributed by atoms with Crippen molar-refractivity contribution in [2.75, 3.05) is 19.0 Å². The molecular formula is C16H16BrNO2. The van der Waals surface area contributed by atoms with Crippen LogP contribution in [0.15, 0.2) is 54.6 Å². The van der Waals surface area contributed by atoms with Crippen LogP contribution in [-0.4, -0.2) is 24.5 Å². The number of benzene rings is 2. The van der Waals surface area contributed by atoms with Crippen LogP contribution in [0.5, 0.6) is 0 Å². The van der Waals surface area contributed by atoms with Gasteiger partial charge < -0.3 is 10.1 Å². The van der Waals surface area contributed by atoms with Crippen molar-refractivity contribution in [3.05, 3.63) is 54.6 Å². The van der Waals surface area contributed by atoms with Gasteiger partial charge in [0.15, 0.2) is 0 Å². The number of carbonyl (C=O) groups excluding carboxylic acids is 1. The Kier molecular flexibility index (Phi) is 5.18. The molecular weight excluding hydrogens is 318 g/mol. The molecule has 0 radical (unpaired) electrons. The van der Waals surface area contributed by atoms with Crippen molar-refractivity contribution in [1.29, 1.82) is 0 Å². The van der Waals surface area contributed by atoms with Gasteiger partial charge in [-0.05, 0) is 11.6 Å². The van der Waals surface area contributed by atoms with Crippen LogP contribution in [0.1, 0.15) is 0 Å². The summed E-state index contributed by atoms with van der Waals surface area (Å²) >= 11 is 3.30. The molecule has 0 aliphatic rings. The number of hydrogen-bond donors (Lipinski definition) is 1. The molecule has 0 heterocycles. The van der Waals surface area contributed by atoms with Crippen molar-refractivity contribution in [2.24, 2.45) is 0 Å². The lowest BCUT2D eigenvalue weighted by Crippen LogP contribution is -2.24. The van der Waals surface area contributed by atoms with E-state index in [0.717, 1.165) is 16.8 Å². The maximum Gasteiger partial charge on any atom is 0.321 e. The number of halogens is 1. The topological polar surface area (TPSA) is 38.3 Å². The van der Waals surface area contributed by atoms with Crippen LogP contribution in [-0.2, 0) is 9.53 Å². The fourth-order valence-corrected chi connectivity index (χ4v) is 2.27. The van der Waals surface area contributed by atoms with E-state index in [1.165, 1.54) is 7.11 Å². The number of nitrogens with one attached hydrogen (secondary N) is 1. The first kappa shape index (κ1) is 14.6. The zero-order valence-electron chi connectivity index (χ0n) is 11.2. The van der Waals surface area contributed by atoms with Gasteiger partial charge in [-0.1, -0.05) is 64.5 Å². The van der Waals surface area contributed by atoms with Gasteiger partial charge in [0.05, 0.1) is 7.11 Å². The van der Waals surface area contributed by atoms with Gasteiger partial charge in [-0.3, -0.25) is 4.79 Å². The van der Waals surface area contributed by atoms with Crippen molar-refractivity contribution in [2.45, 2.75) is 4.83 Å². The lowest BCUT2D eigenvalue weighted by molar-refractivity contribution is -0.139. The molecule has 0 saturated carbocycles. The minimum Gasteiger partial charge on any atom is -0.468 e. The smallest absolute Gasteiger partial charge is 0.321 e. The fraction of sp³-hybridized carbons (Fsp3) is 0.188. The minimum atomic E-state index is -0.365. The van der Waals surface area contributed by atoms with Gasteiger partial charge in [0, 0.05) is 17.8 Å². The summed E-state index contributed by atoms with van der Waals surface area (Å²) in [7, 11) is 1.38. The van der Waals surface area contributed by atoms with Crippen LogP contribution < -0.4 is 5.32 Å². The number of methoxy groups -OCH3 is 1. The van der Waals surface area contributed by atoms with E-state index in [1.54, 1.807) is 0 Å². The molecule has 0 aliphatic carbocycles. The molecule has 0 aromatic heterocycles. The zero-order chi connectivity index (χ0) is 14.4. The second-order valence-corrected chi connectivity index (χ2v) is 5.39.